The highest BCUT2D eigenvalue weighted by atomic mass is 16.6. The Balaban J connectivity index is 1.65. The Kier molecular flexibility index (Phi) is 6.72. The summed E-state index contributed by atoms with van der Waals surface area (Å²) in [6.45, 7) is 7.67. The second-order valence-electron chi connectivity index (χ2n) is 8.00. The Hall–Kier alpha value is -3.35. The van der Waals surface area contributed by atoms with Gasteiger partial charge in [-0.1, -0.05) is 47.6 Å². The smallest absolute Gasteiger partial charge is 0.408 e. The number of nitrogens with zero attached hydrogens (tertiary/aromatic N) is 2. The number of nitrogens with one attached hydrogen (secondary N) is 1. The van der Waals surface area contributed by atoms with Crippen LogP contribution in [0.4, 0.5) is 4.79 Å². The Labute approximate surface area is 176 Å². The van der Waals surface area contributed by atoms with Crippen LogP contribution in [0.2, 0.25) is 0 Å². The first-order valence-corrected chi connectivity index (χ1v) is 9.84. The molecule has 0 bridgehead atoms. The Morgan fingerprint density at radius 2 is 1.77 bits per heavy atom. The van der Waals surface area contributed by atoms with E-state index in [1.54, 1.807) is 6.92 Å². The summed E-state index contributed by atoms with van der Waals surface area (Å²) in [6.07, 6.45) is -0.0639. The topological polar surface area (TPSA) is 86.5 Å². The summed E-state index contributed by atoms with van der Waals surface area (Å²) in [5.74, 6) is 1.61. The molecule has 1 N–H and O–H groups in total. The van der Waals surface area contributed by atoms with E-state index in [4.69, 9.17) is 14.0 Å². The zero-order chi connectivity index (χ0) is 21.6. The fourth-order valence-corrected chi connectivity index (χ4v) is 2.80. The van der Waals surface area contributed by atoms with Gasteiger partial charge in [-0.3, -0.25) is 0 Å². The van der Waals surface area contributed by atoms with E-state index >= 15 is 0 Å². The number of aryl methyl sites for hydroxylation is 1. The molecule has 1 heterocycles. The van der Waals surface area contributed by atoms with Crippen molar-refractivity contribution in [2.24, 2.45) is 0 Å². The zero-order valence-electron chi connectivity index (χ0n) is 17.7. The van der Waals surface area contributed by atoms with Gasteiger partial charge in [-0.25, -0.2) is 4.79 Å². The molecule has 0 aliphatic carbocycles. The highest BCUT2D eigenvalue weighted by Gasteiger charge is 2.24. The van der Waals surface area contributed by atoms with Gasteiger partial charge >= 0.3 is 6.09 Å². The number of aromatic nitrogens is 2. The average molecular weight is 409 g/mol. The fraction of sp³-hybridized carbons (Fsp3) is 0.348. The lowest BCUT2D eigenvalue weighted by Gasteiger charge is -2.22. The maximum absolute atomic E-state index is 12.3. The first-order valence-electron chi connectivity index (χ1n) is 9.84. The van der Waals surface area contributed by atoms with Gasteiger partial charge in [0.2, 0.25) is 5.89 Å². The lowest BCUT2D eigenvalue weighted by molar-refractivity contribution is 0.0493. The first-order chi connectivity index (χ1) is 14.3. The lowest BCUT2D eigenvalue weighted by atomic mass is 10.1. The average Bonchev–Trinajstić information content (AvgIpc) is 3.13. The van der Waals surface area contributed by atoms with Crippen LogP contribution in [0.1, 0.15) is 49.7 Å². The van der Waals surface area contributed by atoms with Crippen LogP contribution in [0, 0.1) is 6.92 Å². The Bertz CT molecular complexity index is 947. The van der Waals surface area contributed by atoms with Crippen LogP contribution in [-0.2, 0) is 17.8 Å². The minimum atomic E-state index is -0.600. The van der Waals surface area contributed by atoms with Crippen molar-refractivity contribution in [3.63, 3.8) is 0 Å². The molecule has 7 heteroatoms. The molecule has 1 atom stereocenters. The third-order valence-electron chi connectivity index (χ3n) is 4.14. The molecule has 1 aromatic heterocycles. The molecule has 0 aliphatic rings. The van der Waals surface area contributed by atoms with E-state index in [1.165, 1.54) is 0 Å². The number of ether oxygens (including phenoxy) is 2. The summed E-state index contributed by atoms with van der Waals surface area (Å²) in [4.78, 5) is 16.5. The Morgan fingerprint density at radius 1 is 1.07 bits per heavy atom. The minimum absolute atomic E-state index is 0.336. The predicted octanol–water partition coefficient (Wildman–Crippen LogP) is 4.77. The third kappa shape index (κ3) is 6.62. The van der Waals surface area contributed by atoms with Gasteiger partial charge in [0.1, 0.15) is 24.0 Å². The molecule has 0 saturated carbocycles. The van der Waals surface area contributed by atoms with Crippen LogP contribution in [0.3, 0.4) is 0 Å². The van der Waals surface area contributed by atoms with E-state index in [0.717, 1.165) is 16.9 Å². The maximum atomic E-state index is 12.3. The lowest BCUT2D eigenvalue weighted by Crippen LogP contribution is -2.36. The molecule has 0 unspecified atom stereocenters. The van der Waals surface area contributed by atoms with E-state index in [1.807, 2.05) is 75.4 Å². The fourth-order valence-electron chi connectivity index (χ4n) is 2.80. The van der Waals surface area contributed by atoms with Crippen LogP contribution in [0.15, 0.2) is 59.1 Å². The van der Waals surface area contributed by atoms with E-state index in [2.05, 4.69) is 15.5 Å². The van der Waals surface area contributed by atoms with Crippen molar-refractivity contribution in [3.8, 4) is 5.75 Å². The van der Waals surface area contributed by atoms with Crippen molar-refractivity contribution in [1.29, 1.82) is 0 Å². The number of hydrogen-bond acceptors (Lipinski definition) is 6. The van der Waals surface area contributed by atoms with Crippen LogP contribution in [-0.4, -0.2) is 21.8 Å². The van der Waals surface area contributed by atoms with Gasteiger partial charge in [-0.2, -0.15) is 4.98 Å². The van der Waals surface area contributed by atoms with Gasteiger partial charge in [0, 0.05) is 6.42 Å². The number of amides is 1. The molecule has 0 fully saturated rings. The molecule has 3 aromatic rings. The zero-order valence-corrected chi connectivity index (χ0v) is 17.7. The summed E-state index contributed by atoms with van der Waals surface area (Å²) < 4.78 is 16.5. The third-order valence-corrected chi connectivity index (χ3v) is 4.14. The van der Waals surface area contributed by atoms with Crippen molar-refractivity contribution < 1.29 is 18.8 Å². The number of benzene rings is 2. The maximum Gasteiger partial charge on any atom is 0.408 e. The number of alkyl carbamates (subject to hydrolysis) is 1. The predicted molar refractivity (Wildman–Crippen MR) is 112 cm³/mol. The molecule has 0 radical (unpaired) electrons. The largest absolute Gasteiger partial charge is 0.489 e. The molecule has 30 heavy (non-hydrogen) atoms. The van der Waals surface area contributed by atoms with Gasteiger partial charge < -0.3 is 19.3 Å². The van der Waals surface area contributed by atoms with Crippen molar-refractivity contribution in [1.82, 2.24) is 15.5 Å². The summed E-state index contributed by atoms with van der Waals surface area (Å²) >= 11 is 0. The van der Waals surface area contributed by atoms with Gasteiger partial charge in [0.15, 0.2) is 5.82 Å². The second kappa shape index (κ2) is 9.43. The molecule has 3 rings (SSSR count). The summed E-state index contributed by atoms with van der Waals surface area (Å²) in [5.41, 5.74) is 1.49. The monoisotopic (exact) mass is 409 g/mol. The number of carbonyl (C=O) groups is 1. The first kappa shape index (κ1) is 21.4. The molecule has 7 nitrogen and oxygen atoms in total. The summed E-state index contributed by atoms with van der Waals surface area (Å²) in [7, 11) is 0. The number of carbonyl (C=O) groups excluding carboxylic acids is 1. The second-order valence-corrected chi connectivity index (χ2v) is 8.00. The van der Waals surface area contributed by atoms with E-state index < -0.39 is 17.7 Å². The quantitative estimate of drug-likeness (QED) is 0.605. The number of hydrogen-bond donors (Lipinski definition) is 1. The van der Waals surface area contributed by atoms with Crippen LogP contribution in [0.25, 0.3) is 0 Å². The summed E-state index contributed by atoms with van der Waals surface area (Å²) in [5, 5.41) is 6.65. The van der Waals surface area contributed by atoms with Gasteiger partial charge in [-0.05, 0) is 51.0 Å². The van der Waals surface area contributed by atoms with E-state index in [0.29, 0.717) is 24.7 Å². The molecule has 1 amide bonds. The molecular weight excluding hydrogens is 382 g/mol. The van der Waals surface area contributed by atoms with Crippen molar-refractivity contribution >= 4 is 6.09 Å². The van der Waals surface area contributed by atoms with Gasteiger partial charge in [0.05, 0.1) is 0 Å². The highest BCUT2D eigenvalue weighted by molar-refractivity contribution is 5.68. The van der Waals surface area contributed by atoms with Crippen LogP contribution in [0.5, 0.6) is 5.75 Å². The molecule has 158 valence electrons. The molecule has 2 aromatic carbocycles. The standard InChI is InChI=1S/C23H27N3O4/c1-16-24-21(30-26-16)20(25-22(27)29-23(2,3)4)14-17-10-12-19(13-11-17)28-15-18-8-6-5-7-9-18/h5-13,20H,14-15H2,1-4H3,(H,25,27)/t20-/m1/s1. The SMILES string of the molecule is Cc1noc([C@@H](Cc2ccc(OCc3ccccc3)cc2)NC(=O)OC(C)(C)C)n1. The minimum Gasteiger partial charge on any atom is -0.489 e. The van der Waals surface area contributed by atoms with Gasteiger partial charge in [0.25, 0.3) is 0 Å². The van der Waals surface area contributed by atoms with E-state index in [-0.39, 0.29) is 0 Å². The Morgan fingerprint density at radius 3 is 2.37 bits per heavy atom. The highest BCUT2D eigenvalue weighted by Crippen LogP contribution is 2.21. The van der Waals surface area contributed by atoms with Crippen molar-refractivity contribution in [2.75, 3.05) is 0 Å². The van der Waals surface area contributed by atoms with Crippen molar-refractivity contribution in [3.05, 3.63) is 77.4 Å². The summed E-state index contributed by atoms with van der Waals surface area (Å²) in [6, 6.07) is 17.2. The molecule has 0 spiro atoms. The molecule has 0 saturated heterocycles. The molecular formula is C23H27N3O4. The van der Waals surface area contributed by atoms with Crippen molar-refractivity contribution in [2.45, 2.75) is 52.4 Å². The van der Waals surface area contributed by atoms with Crippen LogP contribution >= 0.6 is 0 Å². The van der Waals surface area contributed by atoms with Crippen LogP contribution < -0.4 is 10.1 Å². The van der Waals surface area contributed by atoms with E-state index in [9.17, 15) is 4.79 Å². The normalized spacial score (nSPS) is 12.3. The van der Waals surface area contributed by atoms with Gasteiger partial charge in [-0.15, -0.1) is 0 Å². The number of rotatable bonds is 7. The molecule has 0 aliphatic heterocycles.